The molecule has 0 spiro atoms. The molecule has 1 heterocycles. The first kappa shape index (κ1) is 19.0. The van der Waals surface area contributed by atoms with Gasteiger partial charge < -0.3 is 15.0 Å². The van der Waals surface area contributed by atoms with Crippen LogP contribution in [0, 0.1) is 6.92 Å². The van der Waals surface area contributed by atoms with E-state index in [9.17, 15) is 9.59 Å². The van der Waals surface area contributed by atoms with Crippen LogP contribution in [0.15, 0.2) is 42.5 Å². The molecule has 0 aliphatic carbocycles. The van der Waals surface area contributed by atoms with Gasteiger partial charge in [-0.15, -0.1) is 11.8 Å². The number of rotatable bonds is 6. The number of imidazole rings is 1. The molecule has 0 aliphatic heterocycles. The first-order chi connectivity index (χ1) is 13.0. The molecular formula is C20H21N3O3S. The molecule has 0 unspecified atom stereocenters. The number of nitrogens with zero attached hydrogens (tertiary/aromatic N) is 1. The van der Waals surface area contributed by atoms with Crippen LogP contribution in [-0.2, 0) is 9.53 Å². The van der Waals surface area contributed by atoms with Gasteiger partial charge in [0.1, 0.15) is 5.82 Å². The number of aryl methyl sites for hydroxylation is 1. The highest BCUT2D eigenvalue weighted by atomic mass is 32.2. The number of H-pyrrole nitrogens is 1. The van der Waals surface area contributed by atoms with E-state index in [1.165, 1.54) is 18.9 Å². The van der Waals surface area contributed by atoms with E-state index in [0.717, 1.165) is 22.4 Å². The summed E-state index contributed by atoms with van der Waals surface area (Å²) < 4.78 is 4.72. The Kier molecular flexibility index (Phi) is 5.81. The van der Waals surface area contributed by atoms with Crippen molar-refractivity contribution in [2.75, 3.05) is 18.2 Å². The molecule has 0 aliphatic rings. The Bertz CT molecular complexity index is 951. The molecule has 2 N–H and O–H groups in total. The lowest BCUT2D eigenvalue weighted by Crippen LogP contribution is -2.16. The van der Waals surface area contributed by atoms with Crippen molar-refractivity contribution < 1.29 is 14.3 Å². The number of hydrogen-bond acceptors (Lipinski definition) is 5. The Morgan fingerprint density at radius 1 is 1.26 bits per heavy atom. The lowest BCUT2D eigenvalue weighted by Gasteiger charge is -2.11. The van der Waals surface area contributed by atoms with E-state index < -0.39 is 5.97 Å². The van der Waals surface area contributed by atoms with Crippen LogP contribution >= 0.6 is 11.8 Å². The predicted molar refractivity (Wildman–Crippen MR) is 108 cm³/mol. The Labute approximate surface area is 161 Å². The SMILES string of the molecule is COC(=O)c1ccc(C)c(NC(=O)CS[C@H](C)c2nc3ccccc3[nH]2)c1. The summed E-state index contributed by atoms with van der Waals surface area (Å²) in [5, 5.41) is 2.91. The molecule has 2 aromatic carbocycles. The number of thioether (sulfide) groups is 1. The van der Waals surface area contributed by atoms with Gasteiger partial charge in [-0.05, 0) is 43.7 Å². The fourth-order valence-electron chi connectivity index (χ4n) is 2.63. The molecule has 27 heavy (non-hydrogen) atoms. The molecule has 0 saturated heterocycles. The number of aromatic amines is 1. The lowest BCUT2D eigenvalue weighted by atomic mass is 10.1. The average molecular weight is 383 g/mol. The standard InChI is InChI=1S/C20H21N3O3S/c1-12-8-9-14(20(25)26-3)10-17(12)21-18(24)11-27-13(2)19-22-15-6-4-5-7-16(15)23-19/h4-10,13H,11H2,1-3H3,(H,21,24)(H,22,23)/t13-/m1/s1. The van der Waals surface area contributed by atoms with Gasteiger partial charge in [0.05, 0.1) is 34.7 Å². The van der Waals surface area contributed by atoms with E-state index in [-0.39, 0.29) is 16.9 Å². The second-order valence-corrected chi connectivity index (χ2v) is 7.49. The van der Waals surface area contributed by atoms with E-state index in [0.29, 0.717) is 11.3 Å². The van der Waals surface area contributed by atoms with Crippen molar-refractivity contribution in [3.8, 4) is 0 Å². The molecule has 1 atom stereocenters. The van der Waals surface area contributed by atoms with Crippen molar-refractivity contribution in [2.24, 2.45) is 0 Å². The van der Waals surface area contributed by atoms with Gasteiger partial charge in [-0.1, -0.05) is 18.2 Å². The van der Waals surface area contributed by atoms with Crippen molar-refractivity contribution in [3.63, 3.8) is 0 Å². The first-order valence-corrected chi connectivity index (χ1v) is 9.58. The zero-order chi connectivity index (χ0) is 19.4. The molecule has 1 aromatic heterocycles. The largest absolute Gasteiger partial charge is 0.465 e. The Morgan fingerprint density at radius 2 is 2.04 bits per heavy atom. The Morgan fingerprint density at radius 3 is 2.78 bits per heavy atom. The minimum atomic E-state index is -0.432. The van der Waals surface area contributed by atoms with E-state index >= 15 is 0 Å². The minimum absolute atomic E-state index is 0.0469. The molecule has 0 radical (unpaired) electrons. The molecule has 7 heteroatoms. The van der Waals surface area contributed by atoms with Crippen molar-refractivity contribution in [1.82, 2.24) is 9.97 Å². The highest BCUT2D eigenvalue weighted by Crippen LogP contribution is 2.28. The number of fused-ring (bicyclic) bond motifs is 1. The zero-order valence-corrected chi connectivity index (χ0v) is 16.2. The van der Waals surface area contributed by atoms with Gasteiger partial charge >= 0.3 is 5.97 Å². The van der Waals surface area contributed by atoms with Crippen LogP contribution in [0.3, 0.4) is 0 Å². The normalized spacial score (nSPS) is 12.0. The summed E-state index contributed by atoms with van der Waals surface area (Å²) >= 11 is 1.50. The number of anilines is 1. The molecule has 3 rings (SSSR count). The van der Waals surface area contributed by atoms with Crippen LogP contribution in [0.25, 0.3) is 11.0 Å². The monoisotopic (exact) mass is 383 g/mol. The van der Waals surface area contributed by atoms with E-state index in [1.807, 2.05) is 38.1 Å². The highest BCUT2D eigenvalue weighted by Gasteiger charge is 2.15. The van der Waals surface area contributed by atoms with Gasteiger partial charge in [-0.3, -0.25) is 4.79 Å². The molecule has 3 aromatic rings. The second kappa shape index (κ2) is 8.26. The van der Waals surface area contributed by atoms with Gasteiger partial charge in [-0.25, -0.2) is 9.78 Å². The number of carbonyl (C=O) groups is 2. The van der Waals surface area contributed by atoms with Gasteiger partial charge in [0.2, 0.25) is 5.91 Å². The van der Waals surface area contributed by atoms with E-state index in [1.54, 1.807) is 18.2 Å². The molecule has 140 valence electrons. The molecular weight excluding hydrogens is 362 g/mol. The first-order valence-electron chi connectivity index (χ1n) is 8.53. The fraction of sp³-hybridized carbons (Fsp3) is 0.250. The number of carbonyl (C=O) groups excluding carboxylic acids is 2. The third-order valence-electron chi connectivity index (χ3n) is 4.19. The fourth-order valence-corrected chi connectivity index (χ4v) is 3.38. The van der Waals surface area contributed by atoms with E-state index in [2.05, 4.69) is 15.3 Å². The van der Waals surface area contributed by atoms with Crippen LogP contribution in [0.2, 0.25) is 0 Å². The third-order valence-corrected chi connectivity index (χ3v) is 5.34. The predicted octanol–water partition coefficient (Wildman–Crippen LogP) is 4.09. The third kappa shape index (κ3) is 4.49. The highest BCUT2D eigenvalue weighted by molar-refractivity contribution is 8.00. The molecule has 1 amide bonds. The number of amides is 1. The van der Waals surface area contributed by atoms with Crippen LogP contribution in [0.4, 0.5) is 5.69 Å². The molecule has 0 fully saturated rings. The van der Waals surface area contributed by atoms with Crippen molar-refractivity contribution in [2.45, 2.75) is 19.1 Å². The number of benzene rings is 2. The van der Waals surface area contributed by atoms with Crippen molar-refractivity contribution in [3.05, 3.63) is 59.4 Å². The molecule has 0 bridgehead atoms. The second-order valence-electron chi connectivity index (χ2n) is 6.16. The topological polar surface area (TPSA) is 84.1 Å². The smallest absolute Gasteiger partial charge is 0.337 e. The summed E-state index contributed by atoms with van der Waals surface area (Å²) in [5.74, 6) is 0.560. The van der Waals surface area contributed by atoms with Crippen LogP contribution in [0.5, 0.6) is 0 Å². The summed E-state index contributed by atoms with van der Waals surface area (Å²) in [5.41, 5.74) is 3.80. The van der Waals surface area contributed by atoms with Crippen LogP contribution < -0.4 is 5.32 Å². The summed E-state index contributed by atoms with van der Waals surface area (Å²) in [7, 11) is 1.33. The summed E-state index contributed by atoms with van der Waals surface area (Å²) in [6.45, 7) is 3.89. The zero-order valence-electron chi connectivity index (χ0n) is 15.4. The summed E-state index contributed by atoms with van der Waals surface area (Å²) in [4.78, 5) is 31.9. The maximum absolute atomic E-state index is 12.3. The van der Waals surface area contributed by atoms with E-state index in [4.69, 9.17) is 4.74 Å². The summed E-state index contributed by atoms with van der Waals surface area (Å²) in [6.07, 6.45) is 0. The number of esters is 1. The van der Waals surface area contributed by atoms with Gasteiger partial charge in [0.15, 0.2) is 0 Å². The van der Waals surface area contributed by atoms with Gasteiger partial charge in [0.25, 0.3) is 0 Å². The van der Waals surface area contributed by atoms with Gasteiger partial charge in [-0.2, -0.15) is 0 Å². The number of methoxy groups -OCH3 is 1. The number of ether oxygens (including phenoxy) is 1. The van der Waals surface area contributed by atoms with Crippen LogP contribution in [-0.4, -0.2) is 34.7 Å². The Balaban J connectivity index is 1.61. The minimum Gasteiger partial charge on any atom is -0.465 e. The van der Waals surface area contributed by atoms with Crippen molar-refractivity contribution >= 4 is 40.4 Å². The number of hydrogen-bond donors (Lipinski definition) is 2. The maximum Gasteiger partial charge on any atom is 0.337 e. The molecule has 6 nitrogen and oxygen atoms in total. The van der Waals surface area contributed by atoms with Crippen LogP contribution in [0.1, 0.15) is 33.9 Å². The summed E-state index contributed by atoms with van der Waals surface area (Å²) in [6, 6.07) is 12.9. The number of para-hydroxylation sites is 2. The Hall–Kier alpha value is -2.80. The lowest BCUT2D eigenvalue weighted by molar-refractivity contribution is -0.113. The average Bonchev–Trinajstić information content (AvgIpc) is 3.11. The number of aromatic nitrogens is 2. The quantitative estimate of drug-likeness (QED) is 0.626. The van der Waals surface area contributed by atoms with Crippen molar-refractivity contribution in [1.29, 1.82) is 0 Å². The molecule has 0 saturated carbocycles. The maximum atomic E-state index is 12.3. The number of nitrogens with one attached hydrogen (secondary N) is 2. The van der Waals surface area contributed by atoms with Gasteiger partial charge in [0, 0.05) is 5.69 Å².